The molecule has 1 aliphatic heterocycles. The van der Waals surface area contributed by atoms with E-state index in [9.17, 15) is 4.79 Å². The number of carbonyl (C=O) groups is 1. The second-order valence-electron chi connectivity index (χ2n) is 8.07. The van der Waals surface area contributed by atoms with Gasteiger partial charge in [-0.15, -0.1) is 0 Å². The monoisotopic (exact) mass is 503 g/mol. The Kier molecular flexibility index (Phi) is 9.99. The molecule has 2 aromatic carbocycles. The molecule has 3 rings (SSSR count). The summed E-state index contributed by atoms with van der Waals surface area (Å²) < 4.78 is 39.9. The molecule has 0 aliphatic carbocycles. The molecule has 0 aromatic heterocycles. The van der Waals surface area contributed by atoms with Crippen molar-refractivity contribution in [3.05, 3.63) is 59.7 Å². The Hall–Kier alpha value is -2.57. The van der Waals surface area contributed by atoms with Crippen LogP contribution in [0, 0.1) is 11.3 Å². The van der Waals surface area contributed by atoms with E-state index in [1.54, 1.807) is 42.5 Å². The molecule has 2 unspecified atom stereocenters. The van der Waals surface area contributed by atoms with Crippen molar-refractivity contribution in [2.24, 2.45) is 0 Å². The highest BCUT2D eigenvalue weighted by Gasteiger charge is 2.35. The second kappa shape index (κ2) is 12.9. The van der Waals surface area contributed by atoms with Gasteiger partial charge < -0.3 is 28.0 Å². The molecule has 188 valence electrons. The zero-order valence-electron chi connectivity index (χ0n) is 20.3. The van der Waals surface area contributed by atoms with E-state index >= 15 is 0 Å². The first-order chi connectivity index (χ1) is 16.8. The van der Waals surface area contributed by atoms with Crippen LogP contribution >= 0.6 is 8.60 Å². The number of methoxy groups -OCH3 is 2. The van der Waals surface area contributed by atoms with Crippen LogP contribution in [0.15, 0.2) is 48.5 Å². The van der Waals surface area contributed by atoms with Gasteiger partial charge >= 0.3 is 8.60 Å². The zero-order chi connectivity index (χ0) is 25.3. The number of nitriles is 1. The van der Waals surface area contributed by atoms with Gasteiger partial charge in [0, 0.05) is 11.6 Å². The van der Waals surface area contributed by atoms with Crippen molar-refractivity contribution in [3.8, 4) is 17.6 Å². The van der Waals surface area contributed by atoms with E-state index in [1.165, 1.54) is 14.2 Å². The number of carbonyl (C=O) groups excluding carboxylic acids is 1. The molecular formula is C25H30NO8P. The molecule has 0 saturated carbocycles. The van der Waals surface area contributed by atoms with Gasteiger partial charge in [0.05, 0.1) is 46.5 Å². The molecule has 35 heavy (non-hydrogen) atoms. The molecule has 1 aliphatic rings. The van der Waals surface area contributed by atoms with Gasteiger partial charge in [-0.25, -0.2) is 0 Å². The van der Waals surface area contributed by atoms with Gasteiger partial charge in [-0.2, -0.15) is 5.26 Å². The van der Waals surface area contributed by atoms with Crippen LogP contribution in [-0.4, -0.2) is 51.7 Å². The average molecular weight is 503 g/mol. The lowest BCUT2D eigenvalue weighted by molar-refractivity contribution is -0.141. The van der Waals surface area contributed by atoms with Crippen LogP contribution in [0.2, 0.25) is 0 Å². The predicted molar refractivity (Wildman–Crippen MR) is 128 cm³/mol. The van der Waals surface area contributed by atoms with Crippen molar-refractivity contribution >= 4 is 14.4 Å². The van der Waals surface area contributed by atoms with Crippen LogP contribution in [-0.2, 0) is 23.0 Å². The predicted octanol–water partition coefficient (Wildman–Crippen LogP) is 4.97. The highest BCUT2D eigenvalue weighted by atomic mass is 31.2. The highest BCUT2D eigenvalue weighted by Crippen LogP contribution is 2.47. The maximum Gasteiger partial charge on any atom is 0.333 e. The van der Waals surface area contributed by atoms with Gasteiger partial charge in [-0.05, 0) is 31.5 Å². The molecule has 10 heteroatoms. The van der Waals surface area contributed by atoms with Crippen molar-refractivity contribution in [3.63, 3.8) is 0 Å². The molecule has 1 heterocycles. The van der Waals surface area contributed by atoms with Gasteiger partial charge in [0.25, 0.3) is 0 Å². The van der Waals surface area contributed by atoms with E-state index in [4.69, 9.17) is 37.8 Å². The van der Waals surface area contributed by atoms with E-state index in [-0.39, 0.29) is 31.5 Å². The molecule has 0 spiro atoms. The van der Waals surface area contributed by atoms with Crippen molar-refractivity contribution in [2.75, 3.05) is 34.0 Å². The quantitative estimate of drug-likeness (QED) is 0.213. The Balaban J connectivity index is 1.87. The number of ketones is 1. The Morgan fingerprint density at radius 1 is 1.14 bits per heavy atom. The summed E-state index contributed by atoms with van der Waals surface area (Å²) in [6.45, 7) is 4.22. The zero-order valence-corrected chi connectivity index (χ0v) is 21.2. The third kappa shape index (κ3) is 7.97. The normalized spacial score (nSPS) is 18.4. The first-order valence-corrected chi connectivity index (χ1v) is 12.2. The smallest absolute Gasteiger partial charge is 0.333 e. The van der Waals surface area contributed by atoms with Crippen molar-refractivity contribution in [1.82, 2.24) is 0 Å². The number of rotatable bonds is 13. The highest BCUT2D eigenvalue weighted by molar-refractivity contribution is 7.41. The van der Waals surface area contributed by atoms with Crippen LogP contribution in [0.5, 0.6) is 11.5 Å². The topological polar surface area (TPSA) is 105 Å². The minimum absolute atomic E-state index is 0.0867. The number of nitrogens with zero attached hydrogens (tertiary/aromatic N) is 1. The molecule has 0 N–H and O–H groups in total. The van der Waals surface area contributed by atoms with E-state index in [0.29, 0.717) is 29.2 Å². The molecule has 1 saturated heterocycles. The maximum absolute atomic E-state index is 13.6. The summed E-state index contributed by atoms with van der Waals surface area (Å²) in [4.78, 5) is 13.6. The molecule has 1 fully saturated rings. The number of Topliss-reactive ketones (excluding diaryl/α,β-unsaturated/α-hetero) is 1. The van der Waals surface area contributed by atoms with Gasteiger partial charge in [-0.1, -0.05) is 30.3 Å². The fourth-order valence-corrected chi connectivity index (χ4v) is 4.45. The van der Waals surface area contributed by atoms with Crippen LogP contribution in [0.3, 0.4) is 0 Å². The number of hydrogen-bond acceptors (Lipinski definition) is 9. The van der Waals surface area contributed by atoms with Crippen LogP contribution in [0.25, 0.3) is 0 Å². The SMILES string of the molecule is COc1cc(OC)cc([C@@H](OP(OCCC#N)OCC2COC(C)(C)O2)C(=O)c2ccccc2)c1. The molecule has 0 amide bonds. The summed E-state index contributed by atoms with van der Waals surface area (Å²) in [7, 11) is 1.03. The first-order valence-electron chi connectivity index (χ1n) is 11.1. The number of hydrogen-bond donors (Lipinski definition) is 0. The molecule has 0 bridgehead atoms. The van der Waals surface area contributed by atoms with Crippen molar-refractivity contribution < 1.29 is 37.3 Å². The summed E-state index contributed by atoms with van der Waals surface area (Å²) in [6.07, 6.45) is -1.25. The molecular weight excluding hydrogens is 473 g/mol. The first kappa shape index (κ1) is 27.0. The maximum atomic E-state index is 13.6. The Morgan fingerprint density at radius 2 is 1.83 bits per heavy atom. The Morgan fingerprint density at radius 3 is 2.40 bits per heavy atom. The van der Waals surface area contributed by atoms with Gasteiger partial charge in [-0.3, -0.25) is 9.32 Å². The van der Waals surface area contributed by atoms with Crippen LogP contribution in [0.1, 0.15) is 42.3 Å². The van der Waals surface area contributed by atoms with E-state index < -0.39 is 20.5 Å². The lowest BCUT2D eigenvalue weighted by atomic mass is 9.99. The average Bonchev–Trinajstić information content (AvgIpc) is 3.23. The lowest BCUT2D eigenvalue weighted by Gasteiger charge is -2.24. The van der Waals surface area contributed by atoms with E-state index in [1.807, 2.05) is 26.0 Å². The fourth-order valence-electron chi connectivity index (χ4n) is 3.33. The van der Waals surface area contributed by atoms with Crippen molar-refractivity contribution in [1.29, 1.82) is 5.26 Å². The standard InChI is InChI=1S/C25H30NO8P/c1-25(2)30-16-22(33-25)17-32-35(31-12-8-11-26)34-24(23(27)18-9-6-5-7-10-18)19-13-20(28-3)15-21(14-19)29-4/h5-7,9-10,13-15,22,24H,8,12,16-17H2,1-4H3/t22?,24-,35?/m1/s1. The van der Waals surface area contributed by atoms with E-state index in [2.05, 4.69) is 0 Å². The molecule has 3 atom stereocenters. The molecule has 2 aromatic rings. The Bertz CT molecular complexity index is 988. The van der Waals surface area contributed by atoms with E-state index in [0.717, 1.165) is 0 Å². The van der Waals surface area contributed by atoms with Gasteiger partial charge in [0.1, 0.15) is 17.6 Å². The minimum Gasteiger partial charge on any atom is -0.497 e. The minimum atomic E-state index is -2.02. The van der Waals surface area contributed by atoms with Gasteiger partial charge in [0.2, 0.25) is 0 Å². The fraction of sp³-hybridized carbons (Fsp3) is 0.440. The number of benzene rings is 2. The number of ether oxygens (including phenoxy) is 4. The summed E-state index contributed by atoms with van der Waals surface area (Å²) in [6, 6.07) is 15.9. The summed E-state index contributed by atoms with van der Waals surface area (Å²) >= 11 is 0. The lowest BCUT2D eigenvalue weighted by Crippen LogP contribution is -2.24. The summed E-state index contributed by atoms with van der Waals surface area (Å²) in [5.74, 6) is 0.0104. The second-order valence-corrected chi connectivity index (χ2v) is 9.25. The largest absolute Gasteiger partial charge is 0.497 e. The van der Waals surface area contributed by atoms with Crippen LogP contribution < -0.4 is 9.47 Å². The molecule has 9 nitrogen and oxygen atoms in total. The van der Waals surface area contributed by atoms with Crippen LogP contribution in [0.4, 0.5) is 0 Å². The molecule has 0 radical (unpaired) electrons. The van der Waals surface area contributed by atoms with Gasteiger partial charge in [0.15, 0.2) is 17.7 Å². The third-order valence-corrected chi connectivity index (χ3v) is 6.14. The summed E-state index contributed by atoms with van der Waals surface area (Å²) in [5.41, 5.74) is 0.970. The Labute approximate surface area is 206 Å². The third-order valence-electron chi connectivity index (χ3n) is 5.01. The summed E-state index contributed by atoms with van der Waals surface area (Å²) in [5, 5.41) is 8.93. The van der Waals surface area contributed by atoms with Crippen molar-refractivity contribution in [2.45, 2.75) is 38.3 Å².